The van der Waals surface area contributed by atoms with Crippen LogP contribution >= 0.6 is 0 Å². The molecule has 0 aliphatic carbocycles. The van der Waals surface area contributed by atoms with Crippen molar-refractivity contribution in [3.63, 3.8) is 0 Å². The number of rotatable bonds is 5. The van der Waals surface area contributed by atoms with Crippen LogP contribution in [-0.4, -0.2) is 11.5 Å². The molecule has 3 nitrogen and oxygen atoms in total. The van der Waals surface area contributed by atoms with Gasteiger partial charge in [0.1, 0.15) is 11.6 Å². The lowest BCUT2D eigenvalue weighted by Crippen LogP contribution is -2.25. The molecular formula is C16H20FN3. The predicted molar refractivity (Wildman–Crippen MR) is 79.9 cm³/mol. The zero-order valence-electron chi connectivity index (χ0n) is 11.9. The molecule has 2 aromatic rings. The Morgan fingerprint density at radius 2 is 2.00 bits per heavy atom. The van der Waals surface area contributed by atoms with E-state index in [-0.39, 0.29) is 11.9 Å². The van der Waals surface area contributed by atoms with Gasteiger partial charge in [0, 0.05) is 17.3 Å². The number of benzene rings is 1. The van der Waals surface area contributed by atoms with Gasteiger partial charge in [-0.05, 0) is 31.5 Å². The lowest BCUT2D eigenvalue weighted by Gasteiger charge is -2.21. The maximum atomic E-state index is 14.4. The summed E-state index contributed by atoms with van der Waals surface area (Å²) < 4.78 is 14.4. The van der Waals surface area contributed by atoms with Gasteiger partial charge >= 0.3 is 0 Å². The summed E-state index contributed by atoms with van der Waals surface area (Å²) in [4.78, 5) is 4.10. The Kier molecular flexibility index (Phi) is 4.69. The molecule has 0 saturated carbocycles. The van der Waals surface area contributed by atoms with Gasteiger partial charge in [0.05, 0.1) is 6.04 Å². The second kappa shape index (κ2) is 6.48. The molecule has 106 valence electrons. The van der Waals surface area contributed by atoms with E-state index in [4.69, 9.17) is 5.73 Å². The Hall–Kier alpha value is -1.94. The molecule has 20 heavy (non-hydrogen) atoms. The molecule has 4 heteroatoms. The fourth-order valence-corrected chi connectivity index (χ4v) is 2.24. The Morgan fingerprint density at radius 3 is 2.70 bits per heavy atom. The number of halogens is 1. The molecule has 0 saturated heterocycles. The quantitative estimate of drug-likeness (QED) is 0.879. The number of hydrogen-bond acceptors (Lipinski definition) is 3. The SMILES string of the molecule is CCCNC(c1cccnc1N)c1cccc(C)c1F. The van der Waals surface area contributed by atoms with Crippen molar-refractivity contribution in [3.05, 3.63) is 59.0 Å². The number of nitrogen functional groups attached to an aromatic ring is 1. The highest BCUT2D eigenvalue weighted by molar-refractivity contribution is 5.46. The molecule has 0 bridgehead atoms. The summed E-state index contributed by atoms with van der Waals surface area (Å²) in [5.41, 5.74) is 8.00. The first-order chi connectivity index (χ1) is 9.65. The summed E-state index contributed by atoms with van der Waals surface area (Å²) >= 11 is 0. The van der Waals surface area contributed by atoms with Crippen molar-refractivity contribution < 1.29 is 4.39 Å². The van der Waals surface area contributed by atoms with Crippen LogP contribution in [0.3, 0.4) is 0 Å². The van der Waals surface area contributed by atoms with Crippen LogP contribution in [0.2, 0.25) is 0 Å². The van der Waals surface area contributed by atoms with Crippen LogP contribution < -0.4 is 11.1 Å². The average Bonchev–Trinajstić information content (AvgIpc) is 2.45. The van der Waals surface area contributed by atoms with Crippen LogP contribution in [-0.2, 0) is 0 Å². The minimum atomic E-state index is -0.274. The highest BCUT2D eigenvalue weighted by Crippen LogP contribution is 2.28. The van der Waals surface area contributed by atoms with E-state index >= 15 is 0 Å². The van der Waals surface area contributed by atoms with E-state index in [9.17, 15) is 4.39 Å². The third-order valence-corrected chi connectivity index (χ3v) is 3.31. The van der Waals surface area contributed by atoms with E-state index in [1.165, 1.54) is 0 Å². The largest absolute Gasteiger partial charge is 0.383 e. The number of anilines is 1. The zero-order chi connectivity index (χ0) is 14.5. The zero-order valence-corrected chi connectivity index (χ0v) is 11.9. The summed E-state index contributed by atoms with van der Waals surface area (Å²) in [5, 5.41) is 3.35. The fraction of sp³-hybridized carbons (Fsp3) is 0.312. The Labute approximate surface area is 119 Å². The van der Waals surface area contributed by atoms with E-state index in [0.29, 0.717) is 16.9 Å². The molecule has 3 N–H and O–H groups in total. The first kappa shape index (κ1) is 14.5. The molecular weight excluding hydrogens is 253 g/mol. The van der Waals surface area contributed by atoms with Crippen molar-refractivity contribution in [1.29, 1.82) is 0 Å². The number of nitrogens with zero attached hydrogens (tertiary/aromatic N) is 1. The summed E-state index contributed by atoms with van der Waals surface area (Å²) in [5.74, 6) is 0.242. The van der Waals surface area contributed by atoms with Gasteiger partial charge in [-0.15, -0.1) is 0 Å². The molecule has 0 amide bonds. The maximum Gasteiger partial charge on any atom is 0.131 e. The number of nitrogens with two attached hydrogens (primary N) is 1. The van der Waals surface area contributed by atoms with Crippen LogP contribution in [0, 0.1) is 12.7 Å². The molecule has 1 heterocycles. The number of nitrogens with one attached hydrogen (secondary N) is 1. The van der Waals surface area contributed by atoms with Crippen LogP contribution in [0.1, 0.15) is 36.1 Å². The van der Waals surface area contributed by atoms with Crippen LogP contribution in [0.4, 0.5) is 10.2 Å². The predicted octanol–water partition coefficient (Wildman–Crippen LogP) is 3.20. The van der Waals surface area contributed by atoms with E-state index in [2.05, 4.69) is 17.2 Å². The molecule has 0 spiro atoms. The molecule has 0 aliphatic heterocycles. The summed E-state index contributed by atoms with van der Waals surface area (Å²) in [7, 11) is 0. The minimum absolute atomic E-state index is 0.190. The molecule has 1 aromatic heterocycles. The second-order valence-corrected chi connectivity index (χ2v) is 4.84. The topological polar surface area (TPSA) is 50.9 Å². The number of pyridine rings is 1. The van der Waals surface area contributed by atoms with Crippen molar-refractivity contribution >= 4 is 5.82 Å². The van der Waals surface area contributed by atoms with Crippen molar-refractivity contribution in [2.45, 2.75) is 26.3 Å². The van der Waals surface area contributed by atoms with Gasteiger partial charge in [-0.3, -0.25) is 0 Å². The van der Waals surface area contributed by atoms with Gasteiger partial charge < -0.3 is 11.1 Å². The van der Waals surface area contributed by atoms with Gasteiger partial charge in [0.25, 0.3) is 0 Å². The maximum absolute atomic E-state index is 14.4. The number of hydrogen-bond donors (Lipinski definition) is 2. The molecule has 0 radical (unpaired) electrons. The van der Waals surface area contributed by atoms with Gasteiger partial charge in [-0.25, -0.2) is 9.37 Å². The van der Waals surface area contributed by atoms with Crippen molar-refractivity contribution in [2.75, 3.05) is 12.3 Å². The normalized spacial score (nSPS) is 12.3. The monoisotopic (exact) mass is 273 g/mol. The second-order valence-electron chi connectivity index (χ2n) is 4.84. The first-order valence-corrected chi connectivity index (χ1v) is 6.84. The average molecular weight is 273 g/mol. The smallest absolute Gasteiger partial charge is 0.131 e. The number of aryl methyl sites for hydroxylation is 1. The van der Waals surface area contributed by atoms with E-state index in [1.807, 2.05) is 18.2 Å². The molecule has 1 unspecified atom stereocenters. The Bertz CT molecular complexity index is 584. The summed E-state index contributed by atoms with van der Waals surface area (Å²) in [6.45, 7) is 4.62. The highest BCUT2D eigenvalue weighted by Gasteiger charge is 2.20. The van der Waals surface area contributed by atoms with E-state index in [0.717, 1.165) is 18.5 Å². The van der Waals surface area contributed by atoms with Crippen LogP contribution in [0.5, 0.6) is 0 Å². The van der Waals surface area contributed by atoms with Gasteiger partial charge in [0.15, 0.2) is 0 Å². The van der Waals surface area contributed by atoms with Crippen molar-refractivity contribution in [2.24, 2.45) is 0 Å². The molecule has 2 rings (SSSR count). The Morgan fingerprint density at radius 1 is 1.25 bits per heavy atom. The van der Waals surface area contributed by atoms with Gasteiger partial charge in [0.2, 0.25) is 0 Å². The molecule has 1 aromatic carbocycles. The van der Waals surface area contributed by atoms with Gasteiger partial charge in [-0.2, -0.15) is 0 Å². The standard InChI is InChI=1S/C16H20FN3/c1-3-9-19-15(13-8-5-10-20-16(13)18)12-7-4-6-11(2)14(12)17/h4-8,10,15,19H,3,9H2,1-2H3,(H2,18,20). The third kappa shape index (κ3) is 2.96. The third-order valence-electron chi connectivity index (χ3n) is 3.31. The molecule has 0 aliphatic rings. The van der Waals surface area contributed by atoms with E-state index < -0.39 is 0 Å². The van der Waals surface area contributed by atoms with Crippen LogP contribution in [0.15, 0.2) is 36.5 Å². The first-order valence-electron chi connectivity index (χ1n) is 6.84. The molecule has 0 fully saturated rings. The highest BCUT2D eigenvalue weighted by atomic mass is 19.1. The lowest BCUT2D eigenvalue weighted by atomic mass is 9.97. The minimum Gasteiger partial charge on any atom is -0.383 e. The van der Waals surface area contributed by atoms with Gasteiger partial charge in [-0.1, -0.05) is 31.2 Å². The summed E-state index contributed by atoms with van der Waals surface area (Å²) in [6, 6.07) is 8.85. The molecule has 1 atom stereocenters. The summed E-state index contributed by atoms with van der Waals surface area (Å²) in [6.07, 6.45) is 2.60. The van der Waals surface area contributed by atoms with Crippen molar-refractivity contribution in [3.8, 4) is 0 Å². The Balaban J connectivity index is 2.47. The van der Waals surface area contributed by atoms with E-state index in [1.54, 1.807) is 25.3 Å². The fourth-order valence-electron chi connectivity index (χ4n) is 2.24. The van der Waals surface area contributed by atoms with Crippen molar-refractivity contribution in [1.82, 2.24) is 10.3 Å². The number of aromatic nitrogens is 1. The lowest BCUT2D eigenvalue weighted by molar-refractivity contribution is 0.542. The van der Waals surface area contributed by atoms with Crippen LogP contribution in [0.25, 0.3) is 0 Å².